The predicted molar refractivity (Wildman–Crippen MR) is 120 cm³/mol. The highest BCUT2D eigenvalue weighted by molar-refractivity contribution is 6.33. The summed E-state index contributed by atoms with van der Waals surface area (Å²) in [5.41, 5.74) is 2.68. The van der Waals surface area contributed by atoms with Crippen molar-refractivity contribution < 1.29 is 14.3 Å². The van der Waals surface area contributed by atoms with Gasteiger partial charge in [0.2, 0.25) is 11.8 Å². The van der Waals surface area contributed by atoms with Crippen molar-refractivity contribution in [3.63, 3.8) is 0 Å². The molecule has 1 fully saturated rings. The van der Waals surface area contributed by atoms with Gasteiger partial charge < -0.3 is 19.9 Å². The number of ether oxygens (including phenoxy) is 1. The molecule has 0 radical (unpaired) electrons. The molecule has 0 aliphatic carbocycles. The first-order valence-corrected chi connectivity index (χ1v) is 10.2. The molecule has 0 bridgehead atoms. The van der Waals surface area contributed by atoms with Gasteiger partial charge in [0.25, 0.3) is 0 Å². The maximum absolute atomic E-state index is 12.7. The molecule has 2 aromatic carbocycles. The van der Waals surface area contributed by atoms with Crippen LogP contribution in [0.1, 0.15) is 5.56 Å². The third-order valence-corrected chi connectivity index (χ3v) is 5.45. The topological polar surface area (TPSA) is 85.7 Å². The van der Waals surface area contributed by atoms with E-state index in [0.29, 0.717) is 48.2 Å². The summed E-state index contributed by atoms with van der Waals surface area (Å²) >= 11 is 6.44. The summed E-state index contributed by atoms with van der Waals surface area (Å²) in [6.07, 6.45) is 1.29. The van der Waals surface area contributed by atoms with E-state index in [1.165, 1.54) is 13.2 Å². The molecular weight excluding hydrogens is 416 g/mol. The van der Waals surface area contributed by atoms with Crippen molar-refractivity contribution in [2.24, 2.45) is 0 Å². The highest BCUT2D eigenvalue weighted by Gasteiger charge is 2.23. The van der Waals surface area contributed by atoms with Crippen LogP contribution in [0.4, 0.5) is 5.69 Å². The van der Waals surface area contributed by atoms with Crippen LogP contribution in [0.15, 0.2) is 49.1 Å². The number of nitriles is 1. The van der Waals surface area contributed by atoms with Crippen LogP contribution in [0.5, 0.6) is 5.75 Å². The Balaban J connectivity index is 1.72. The van der Waals surface area contributed by atoms with Gasteiger partial charge in [-0.15, -0.1) is 0 Å². The van der Waals surface area contributed by atoms with Crippen LogP contribution in [0.3, 0.4) is 0 Å². The quantitative estimate of drug-likeness (QED) is 0.700. The molecule has 2 aromatic rings. The van der Waals surface area contributed by atoms with Gasteiger partial charge in [-0.3, -0.25) is 9.59 Å². The second kappa shape index (κ2) is 10.0. The third kappa shape index (κ3) is 5.16. The number of carbonyl (C=O) groups excluding carboxylic acids is 2. The van der Waals surface area contributed by atoms with Crippen LogP contribution in [0, 0.1) is 11.3 Å². The van der Waals surface area contributed by atoms with E-state index in [0.717, 1.165) is 11.1 Å². The van der Waals surface area contributed by atoms with Crippen LogP contribution in [0.25, 0.3) is 11.1 Å². The van der Waals surface area contributed by atoms with E-state index in [4.69, 9.17) is 21.6 Å². The Morgan fingerprint density at radius 2 is 1.94 bits per heavy atom. The number of halogens is 1. The number of hydrogen-bond acceptors (Lipinski definition) is 5. The van der Waals surface area contributed by atoms with E-state index >= 15 is 0 Å². The van der Waals surface area contributed by atoms with Crippen molar-refractivity contribution in [3.8, 4) is 22.9 Å². The van der Waals surface area contributed by atoms with Gasteiger partial charge in [-0.1, -0.05) is 30.3 Å². The monoisotopic (exact) mass is 438 g/mol. The number of anilines is 1. The fourth-order valence-electron chi connectivity index (χ4n) is 3.43. The zero-order chi connectivity index (χ0) is 22.4. The number of nitrogens with zero attached hydrogens (tertiary/aromatic N) is 3. The molecule has 0 saturated carbocycles. The Labute approximate surface area is 186 Å². The minimum Gasteiger partial charge on any atom is -0.495 e. The summed E-state index contributed by atoms with van der Waals surface area (Å²) < 4.78 is 5.41. The van der Waals surface area contributed by atoms with E-state index < -0.39 is 0 Å². The Hall–Kier alpha value is -3.50. The number of methoxy groups -OCH3 is 1. The standard InChI is InChI=1S/C23H23ClN4O3/c1-3-22(29)27-7-9-28(10-8-27)23(30)15-26-20-12-18(19(24)13-21(20)31-2)17-6-4-5-16(11-17)14-25/h3-6,11-13,26H,1,7-10,15H2,2H3. The fraction of sp³-hybridized carbons (Fsp3) is 0.261. The van der Waals surface area contributed by atoms with Crippen LogP contribution in [-0.2, 0) is 9.59 Å². The molecule has 160 valence electrons. The molecule has 2 amide bonds. The van der Waals surface area contributed by atoms with Crippen LogP contribution < -0.4 is 10.1 Å². The van der Waals surface area contributed by atoms with Gasteiger partial charge in [0.15, 0.2) is 0 Å². The SMILES string of the molecule is C=CC(=O)N1CCN(C(=O)CNc2cc(-c3cccc(C#N)c3)c(Cl)cc2OC)CC1. The average molecular weight is 439 g/mol. The molecule has 0 aromatic heterocycles. The second-order valence-electron chi connectivity index (χ2n) is 6.99. The summed E-state index contributed by atoms with van der Waals surface area (Å²) in [6, 6.07) is 12.8. The molecule has 0 unspecified atom stereocenters. The van der Waals surface area contributed by atoms with Gasteiger partial charge in [-0.05, 0) is 29.8 Å². The first-order chi connectivity index (χ1) is 15.0. The van der Waals surface area contributed by atoms with Crippen molar-refractivity contribution >= 4 is 29.1 Å². The van der Waals surface area contributed by atoms with Crippen molar-refractivity contribution in [2.75, 3.05) is 45.2 Å². The number of piperazine rings is 1. The summed E-state index contributed by atoms with van der Waals surface area (Å²) in [5.74, 6) is 0.319. The largest absolute Gasteiger partial charge is 0.495 e. The van der Waals surface area contributed by atoms with E-state index in [1.807, 2.05) is 12.1 Å². The molecule has 7 nitrogen and oxygen atoms in total. The molecule has 31 heavy (non-hydrogen) atoms. The van der Waals surface area contributed by atoms with E-state index in [1.54, 1.807) is 34.1 Å². The Morgan fingerprint density at radius 3 is 2.58 bits per heavy atom. The molecule has 0 spiro atoms. The van der Waals surface area contributed by atoms with Gasteiger partial charge >= 0.3 is 0 Å². The smallest absolute Gasteiger partial charge is 0.246 e. The molecule has 0 atom stereocenters. The van der Waals surface area contributed by atoms with Crippen molar-refractivity contribution in [1.29, 1.82) is 5.26 Å². The minimum absolute atomic E-state index is 0.0734. The molecule has 1 aliphatic heterocycles. The molecule has 1 N–H and O–H groups in total. The molecule has 1 heterocycles. The lowest BCUT2D eigenvalue weighted by Crippen LogP contribution is -2.51. The van der Waals surface area contributed by atoms with Crippen molar-refractivity contribution in [3.05, 3.63) is 59.6 Å². The van der Waals surface area contributed by atoms with Crippen LogP contribution in [-0.4, -0.2) is 61.4 Å². The summed E-state index contributed by atoms with van der Waals surface area (Å²) in [7, 11) is 1.53. The zero-order valence-electron chi connectivity index (χ0n) is 17.2. The first-order valence-electron chi connectivity index (χ1n) is 9.78. The number of hydrogen-bond donors (Lipinski definition) is 1. The molecular formula is C23H23ClN4O3. The van der Waals surface area contributed by atoms with Crippen LogP contribution >= 0.6 is 11.6 Å². The molecule has 1 saturated heterocycles. The lowest BCUT2D eigenvalue weighted by atomic mass is 10.0. The van der Waals surface area contributed by atoms with E-state index in [-0.39, 0.29) is 18.4 Å². The van der Waals surface area contributed by atoms with Gasteiger partial charge in [-0.2, -0.15) is 5.26 Å². The lowest BCUT2D eigenvalue weighted by molar-refractivity contribution is -0.135. The van der Waals surface area contributed by atoms with Crippen LogP contribution in [0.2, 0.25) is 5.02 Å². The Bertz CT molecular complexity index is 1040. The number of benzene rings is 2. The third-order valence-electron chi connectivity index (χ3n) is 5.14. The number of rotatable bonds is 6. The minimum atomic E-state index is -0.121. The number of carbonyl (C=O) groups is 2. The summed E-state index contributed by atoms with van der Waals surface area (Å²) in [6.45, 7) is 5.49. The average Bonchev–Trinajstić information content (AvgIpc) is 2.82. The Morgan fingerprint density at radius 1 is 1.23 bits per heavy atom. The first kappa shape index (κ1) is 22.2. The fourth-order valence-corrected chi connectivity index (χ4v) is 3.69. The molecule has 3 rings (SSSR count). The predicted octanol–water partition coefficient (Wildman–Crippen LogP) is 3.16. The van der Waals surface area contributed by atoms with E-state index in [2.05, 4.69) is 18.0 Å². The van der Waals surface area contributed by atoms with E-state index in [9.17, 15) is 9.59 Å². The van der Waals surface area contributed by atoms with Crippen molar-refractivity contribution in [1.82, 2.24) is 9.80 Å². The number of amides is 2. The summed E-state index contributed by atoms with van der Waals surface area (Å²) in [5, 5.41) is 12.8. The van der Waals surface area contributed by atoms with Gasteiger partial charge in [-0.25, -0.2) is 0 Å². The van der Waals surface area contributed by atoms with Gasteiger partial charge in [0.1, 0.15) is 5.75 Å². The Kier molecular flexibility index (Phi) is 7.16. The number of nitrogens with one attached hydrogen (secondary N) is 1. The normalized spacial score (nSPS) is 13.3. The zero-order valence-corrected chi connectivity index (χ0v) is 18.0. The van der Waals surface area contributed by atoms with Gasteiger partial charge in [0.05, 0.1) is 36.0 Å². The maximum atomic E-state index is 12.7. The highest BCUT2D eigenvalue weighted by Crippen LogP contribution is 2.37. The molecule has 8 heteroatoms. The summed E-state index contributed by atoms with van der Waals surface area (Å²) in [4.78, 5) is 27.7. The van der Waals surface area contributed by atoms with Crippen molar-refractivity contribution in [2.45, 2.75) is 0 Å². The lowest BCUT2D eigenvalue weighted by Gasteiger charge is -2.34. The van der Waals surface area contributed by atoms with Gasteiger partial charge in [0, 0.05) is 37.8 Å². The maximum Gasteiger partial charge on any atom is 0.246 e. The molecule has 1 aliphatic rings. The highest BCUT2D eigenvalue weighted by atomic mass is 35.5. The second-order valence-corrected chi connectivity index (χ2v) is 7.40.